The smallest absolute Gasteiger partial charge is 0.246 e. The SMILES string of the molecule is CCNc1ncc(S(=O)(=O)N2CCCCCCC2)cn1. The minimum atomic E-state index is -3.45. The van der Waals surface area contributed by atoms with Crippen molar-refractivity contribution in [2.75, 3.05) is 25.0 Å². The summed E-state index contributed by atoms with van der Waals surface area (Å²) in [7, 11) is -3.45. The Bertz CT molecular complexity index is 508. The van der Waals surface area contributed by atoms with E-state index in [1.54, 1.807) is 4.31 Å². The highest BCUT2D eigenvalue weighted by Crippen LogP contribution is 2.19. The maximum Gasteiger partial charge on any atom is 0.246 e. The number of aromatic nitrogens is 2. The zero-order chi connectivity index (χ0) is 14.4. The molecule has 7 heteroatoms. The predicted octanol–water partition coefficient (Wildman–Crippen LogP) is 1.86. The maximum atomic E-state index is 12.5. The van der Waals surface area contributed by atoms with E-state index >= 15 is 0 Å². The lowest BCUT2D eigenvalue weighted by Gasteiger charge is -2.23. The predicted molar refractivity (Wildman–Crippen MR) is 78.0 cm³/mol. The Labute approximate surface area is 120 Å². The summed E-state index contributed by atoms with van der Waals surface area (Å²) in [6.45, 7) is 3.83. The fraction of sp³-hybridized carbons (Fsp3) is 0.692. The van der Waals surface area contributed by atoms with Gasteiger partial charge < -0.3 is 5.32 Å². The molecule has 1 aliphatic rings. The molecule has 1 saturated heterocycles. The van der Waals surface area contributed by atoms with Crippen LogP contribution in [0.25, 0.3) is 0 Å². The fourth-order valence-electron chi connectivity index (χ4n) is 2.31. The highest BCUT2D eigenvalue weighted by atomic mass is 32.2. The minimum absolute atomic E-state index is 0.180. The summed E-state index contributed by atoms with van der Waals surface area (Å²) in [5, 5.41) is 2.95. The zero-order valence-corrected chi connectivity index (χ0v) is 12.7. The van der Waals surface area contributed by atoms with E-state index < -0.39 is 10.0 Å². The summed E-state index contributed by atoms with van der Waals surface area (Å²) >= 11 is 0. The number of anilines is 1. The van der Waals surface area contributed by atoms with Gasteiger partial charge in [-0.1, -0.05) is 19.3 Å². The molecule has 20 heavy (non-hydrogen) atoms. The van der Waals surface area contributed by atoms with Crippen molar-refractivity contribution in [3.05, 3.63) is 12.4 Å². The molecule has 0 bridgehead atoms. The Morgan fingerprint density at radius 2 is 1.65 bits per heavy atom. The second kappa shape index (κ2) is 6.99. The number of nitrogens with zero attached hydrogens (tertiary/aromatic N) is 3. The lowest BCUT2D eigenvalue weighted by molar-refractivity contribution is 0.364. The maximum absolute atomic E-state index is 12.5. The molecule has 6 nitrogen and oxygen atoms in total. The fourth-order valence-corrected chi connectivity index (χ4v) is 3.72. The van der Waals surface area contributed by atoms with E-state index in [9.17, 15) is 8.42 Å². The second-order valence-corrected chi connectivity index (χ2v) is 6.88. The quantitative estimate of drug-likeness (QED) is 0.918. The number of hydrogen-bond acceptors (Lipinski definition) is 5. The molecule has 0 atom stereocenters. The van der Waals surface area contributed by atoms with Gasteiger partial charge in [-0.2, -0.15) is 4.31 Å². The van der Waals surface area contributed by atoms with Gasteiger partial charge in [0, 0.05) is 19.6 Å². The van der Waals surface area contributed by atoms with Crippen LogP contribution in [0.3, 0.4) is 0 Å². The average molecular weight is 298 g/mol. The van der Waals surface area contributed by atoms with Crippen LogP contribution in [0.2, 0.25) is 0 Å². The van der Waals surface area contributed by atoms with Gasteiger partial charge in [0.2, 0.25) is 16.0 Å². The number of hydrogen-bond donors (Lipinski definition) is 1. The van der Waals surface area contributed by atoms with Crippen molar-refractivity contribution in [3.63, 3.8) is 0 Å². The van der Waals surface area contributed by atoms with Gasteiger partial charge in [0.1, 0.15) is 4.90 Å². The lowest BCUT2D eigenvalue weighted by atomic mass is 10.1. The molecule has 0 aliphatic carbocycles. The van der Waals surface area contributed by atoms with Crippen molar-refractivity contribution in [2.45, 2.75) is 43.9 Å². The molecule has 112 valence electrons. The van der Waals surface area contributed by atoms with E-state index in [4.69, 9.17) is 0 Å². The van der Waals surface area contributed by atoms with Crippen molar-refractivity contribution in [1.29, 1.82) is 0 Å². The van der Waals surface area contributed by atoms with Gasteiger partial charge in [-0.05, 0) is 19.8 Å². The highest BCUT2D eigenvalue weighted by molar-refractivity contribution is 7.89. The van der Waals surface area contributed by atoms with Crippen molar-refractivity contribution >= 4 is 16.0 Å². The molecule has 0 aromatic carbocycles. The Hall–Kier alpha value is -1.21. The van der Waals surface area contributed by atoms with E-state index in [-0.39, 0.29) is 4.90 Å². The molecule has 2 heterocycles. The van der Waals surface area contributed by atoms with Crippen LogP contribution in [0.1, 0.15) is 39.0 Å². The topological polar surface area (TPSA) is 75.2 Å². The molecule has 0 spiro atoms. The number of rotatable bonds is 4. The Morgan fingerprint density at radius 3 is 2.20 bits per heavy atom. The van der Waals surface area contributed by atoms with Gasteiger partial charge in [0.05, 0.1) is 12.4 Å². The van der Waals surface area contributed by atoms with Crippen LogP contribution < -0.4 is 5.32 Å². The molecular weight excluding hydrogens is 276 g/mol. The van der Waals surface area contributed by atoms with Crippen LogP contribution in [0, 0.1) is 0 Å². The summed E-state index contributed by atoms with van der Waals surface area (Å²) in [5.74, 6) is 0.458. The van der Waals surface area contributed by atoms with E-state index in [2.05, 4.69) is 15.3 Å². The summed E-state index contributed by atoms with van der Waals surface area (Å²) in [6, 6.07) is 0. The van der Waals surface area contributed by atoms with Crippen molar-refractivity contribution in [2.24, 2.45) is 0 Å². The van der Waals surface area contributed by atoms with E-state index in [0.717, 1.165) is 25.7 Å². The Morgan fingerprint density at radius 1 is 1.10 bits per heavy atom. The Kier molecular flexibility index (Phi) is 5.31. The Balaban J connectivity index is 2.15. The molecule has 0 amide bonds. The van der Waals surface area contributed by atoms with Crippen LogP contribution in [0.15, 0.2) is 17.3 Å². The molecule has 1 fully saturated rings. The van der Waals surface area contributed by atoms with Gasteiger partial charge in [-0.3, -0.25) is 0 Å². The van der Waals surface area contributed by atoms with Gasteiger partial charge in [0.15, 0.2) is 0 Å². The zero-order valence-electron chi connectivity index (χ0n) is 11.9. The number of nitrogens with one attached hydrogen (secondary N) is 1. The molecule has 1 aromatic heterocycles. The monoisotopic (exact) mass is 298 g/mol. The normalized spacial score (nSPS) is 18.2. The molecule has 1 N–H and O–H groups in total. The first-order valence-electron chi connectivity index (χ1n) is 7.20. The van der Waals surface area contributed by atoms with Crippen LogP contribution in [-0.2, 0) is 10.0 Å². The summed E-state index contributed by atoms with van der Waals surface area (Å²) < 4.78 is 26.7. The van der Waals surface area contributed by atoms with Crippen molar-refractivity contribution in [3.8, 4) is 0 Å². The van der Waals surface area contributed by atoms with E-state index in [1.165, 1.54) is 18.8 Å². The van der Waals surface area contributed by atoms with E-state index in [0.29, 0.717) is 25.6 Å². The van der Waals surface area contributed by atoms with Crippen molar-refractivity contribution < 1.29 is 8.42 Å². The number of sulfonamides is 1. The van der Waals surface area contributed by atoms with Crippen LogP contribution in [-0.4, -0.2) is 42.3 Å². The molecule has 0 unspecified atom stereocenters. The third kappa shape index (κ3) is 3.67. The van der Waals surface area contributed by atoms with Gasteiger partial charge in [0.25, 0.3) is 0 Å². The molecular formula is C13H22N4O2S. The van der Waals surface area contributed by atoms with Crippen LogP contribution in [0.5, 0.6) is 0 Å². The summed E-state index contributed by atoms with van der Waals surface area (Å²) in [4.78, 5) is 8.27. The van der Waals surface area contributed by atoms with E-state index in [1.807, 2.05) is 6.92 Å². The minimum Gasteiger partial charge on any atom is -0.355 e. The molecule has 2 rings (SSSR count). The average Bonchev–Trinajstić information content (AvgIpc) is 2.39. The van der Waals surface area contributed by atoms with Crippen LogP contribution in [0.4, 0.5) is 5.95 Å². The second-order valence-electron chi connectivity index (χ2n) is 4.94. The third-order valence-corrected chi connectivity index (χ3v) is 5.27. The lowest BCUT2D eigenvalue weighted by Crippen LogP contribution is -2.34. The molecule has 1 aromatic rings. The third-order valence-electron chi connectivity index (χ3n) is 3.42. The first kappa shape index (κ1) is 15.2. The van der Waals surface area contributed by atoms with Gasteiger partial charge >= 0.3 is 0 Å². The summed E-state index contributed by atoms with van der Waals surface area (Å²) in [5.41, 5.74) is 0. The highest BCUT2D eigenvalue weighted by Gasteiger charge is 2.25. The molecule has 1 aliphatic heterocycles. The van der Waals surface area contributed by atoms with Crippen LogP contribution >= 0.6 is 0 Å². The molecule has 0 saturated carbocycles. The first-order chi connectivity index (χ1) is 9.64. The standard InChI is InChI=1S/C13H22N4O2S/c1-2-14-13-15-10-12(11-16-13)20(18,19)17-8-6-4-3-5-7-9-17/h10-11H,2-9H2,1H3,(H,14,15,16). The summed E-state index contributed by atoms with van der Waals surface area (Å²) in [6.07, 6.45) is 8.03. The van der Waals surface area contributed by atoms with Gasteiger partial charge in [-0.15, -0.1) is 0 Å². The first-order valence-corrected chi connectivity index (χ1v) is 8.64. The van der Waals surface area contributed by atoms with Crippen molar-refractivity contribution in [1.82, 2.24) is 14.3 Å². The largest absolute Gasteiger partial charge is 0.355 e. The molecule has 0 radical (unpaired) electrons. The van der Waals surface area contributed by atoms with Gasteiger partial charge in [-0.25, -0.2) is 18.4 Å².